The average Bonchev–Trinajstić information content (AvgIpc) is 3.08. The van der Waals surface area contributed by atoms with Crippen LogP contribution in [-0.4, -0.2) is 23.7 Å². The van der Waals surface area contributed by atoms with Gasteiger partial charge in [0.25, 0.3) is 0 Å². The Morgan fingerprint density at radius 1 is 1.63 bits per heavy atom. The number of nitrogens with one attached hydrogen (secondary N) is 1. The van der Waals surface area contributed by atoms with Gasteiger partial charge in [0.1, 0.15) is 5.82 Å². The lowest BCUT2D eigenvalue weighted by Crippen LogP contribution is -2.28. The van der Waals surface area contributed by atoms with E-state index in [-0.39, 0.29) is 23.6 Å². The van der Waals surface area contributed by atoms with Gasteiger partial charge in [-0.15, -0.1) is 0 Å². The smallest absolute Gasteiger partial charge is 0.223 e. The summed E-state index contributed by atoms with van der Waals surface area (Å²) < 4.78 is 13.7. The van der Waals surface area contributed by atoms with Crippen LogP contribution in [0, 0.1) is 11.7 Å². The van der Waals surface area contributed by atoms with Crippen LogP contribution in [0.15, 0.2) is 18.2 Å². The zero-order valence-corrected chi connectivity index (χ0v) is 11.5. The molecule has 0 bridgehead atoms. The molecular formula is C14H17ClFNO2. The summed E-state index contributed by atoms with van der Waals surface area (Å²) in [5, 5.41) is 12.2. The standard InChI is InChI=1S/C14H17ClFNO2/c1-8(18)5-6-17-14(19)10-7-9(10)13-11(15)3-2-4-12(13)16/h2-4,8-10,18H,5-7H2,1H3,(H,17,19). The van der Waals surface area contributed by atoms with E-state index in [9.17, 15) is 9.18 Å². The van der Waals surface area contributed by atoms with Crippen molar-refractivity contribution >= 4 is 17.5 Å². The summed E-state index contributed by atoms with van der Waals surface area (Å²) >= 11 is 5.98. The van der Waals surface area contributed by atoms with Gasteiger partial charge in [0.15, 0.2) is 0 Å². The van der Waals surface area contributed by atoms with Gasteiger partial charge < -0.3 is 10.4 Å². The first kappa shape index (κ1) is 14.3. The van der Waals surface area contributed by atoms with Gasteiger partial charge in [-0.05, 0) is 31.9 Å². The number of carbonyl (C=O) groups is 1. The molecule has 0 heterocycles. The van der Waals surface area contributed by atoms with Crippen LogP contribution in [0.4, 0.5) is 4.39 Å². The molecule has 3 nitrogen and oxygen atoms in total. The molecule has 0 saturated heterocycles. The minimum absolute atomic E-state index is 0.0926. The molecule has 1 aromatic carbocycles. The zero-order chi connectivity index (χ0) is 14.0. The molecule has 3 unspecified atom stereocenters. The summed E-state index contributed by atoms with van der Waals surface area (Å²) in [5.74, 6) is -0.773. The van der Waals surface area contributed by atoms with Crippen molar-refractivity contribution in [3.8, 4) is 0 Å². The fourth-order valence-electron chi connectivity index (χ4n) is 2.20. The first-order valence-electron chi connectivity index (χ1n) is 6.40. The van der Waals surface area contributed by atoms with E-state index in [1.165, 1.54) is 6.07 Å². The van der Waals surface area contributed by atoms with E-state index in [1.54, 1.807) is 19.1 Å². The van der Waals surface area contributed by atoms with Gasteiger partial charge >= 0.3 is 0 Å². The van der Waals surface area contributed by atoms with Gasteiger partial charge in [0.05, 0.1) is 6.10 Å². The summed E-state index contributed by atoms with van der Waals surface area (Å²) in [7, 11) is 0. The van der Waals surface area contributed by atoms with E-state index in [0.717, 1.165) is 0 Å². The highest BCUT2D eigenvalue weighted by molar-refractivity contribution is 6.31. The first-order valence-corrected chi connectivity index (χ1v) is 6.78. The Morgan fingerprint density at radius 3 is 3.00 bits per heavy atom. The van der Waals surface area contributed by atoms with Gasteiger partial charge in [-0.2, -0.15) is 0 Å². The minimum atomic E-state index is -0.434. The monoisotopic (exact) mass is 285 g/mol. The first-order chi connectivity index (χ1) is 9.00. The molecule has 0 aliphatic heterocycles. The maximum atomic E-state index is 13.7. The molecule has 3 atom stereocenters. The van der Waals surface area contributed by atoms with Crippen molar-refractivity contribution in [2.75, 3.05) is 6.54 Å². The number of halogens is 2. The Morgan fingerprint density at radius 2 is 2.37 bits per heavy atom. The highest BCUT2D eigenvalue weighted by Gasteiger charge is 2.46. The number of aliphatic hydroxyl groups is 1. The highest BCUT2D eigenvalue weighted by atomic mass is 35.5. The van der Waals surface area contributed by atoms with Crippen LogP contribution in [0.1, 0.15) is 31.2 Å². The Hall–Kier alpha value is -1.13. The van der Waals surface area contributed by atoms with Crippen LogP contribution in [0.2, 0.25) is 5.02 Å². The molecule has 1 fully saturated rings. The van der Waals surface area contributed by atoms with Crippen molar-refractivity contribution in [1.82, 2.24) is 5.32 Å². The third-order valence-corrected chi connectivity index (χ3v) is 3.69. The Balaban J connectivity index is 1.92. The molecule has 1 amide bonds. The van der Waals surface area contributed by atoms with Crippen LogP contribution in [-0.2, 0) is 4.79 Å². The summed E-state index contributed by atoms with van der Waals surface area (Å²) in [4.78, 5) is 11.8. The fourth-order valence-corrected chi connectivity index (χ4v) is 2.51. The van der Waals surface area contributed by atoms with Gasteiger partial charge in [-0.1, -0.05) is 17.7 Å². The van der Waals surface area contributed by atoms with E-state index in [1.807, 2.05) is 0 Å². The normalized spacial score (nSPS) is 22.9. The molecule has 1 aromatic rings. The number of hydrogen-bond acceptors (Lipinski definition) is 2. The second kappa shape index (κ2) is 5.88. The number of amides is 1. The maximum absolute atomic E-state index is 13.7. The third kappa shape index (κ3) is 3.45. The van der Waals surface area contributed by atoms with Crippen molar-refractivity contribution < 1.29 is 14.3 Å². The zero-order valence-electron chi connectivity index (χ0n) is 10.7. The molecular weight excluding hydrogens is 269 g/mol. The van der Waals surface area contributed by atoms with E-state index in [2.05, 4.69) is 5.32 Å². The number of aliphatic hydroxyl groups excluding tert-OH is 1. The summed E-state index contributed by atoms with van der Waals surface area (Å²) in [6, 6.07) is 4.56. The van der Waals surface area contributed by atoms with Gasteiger partial charge in [-0.3, -0.25) is 4.79 Å². The number of carbonyl (C=O) groups excluding carboxylic acids is 1. The van der Waals surface area contributed by atoms with Crippen molar-refractivity contribution in [3.63, 3.8) is 0 Å². The molecule has 1 aliphatic carbocycles. The highest BCUT2D eigenvalue weighted by Crippen LogP contribution is 2.50. The lowest BCUT2D eigenvalue weighted by atomic mass is 10.1. The second-order valence-electron chi connectivity index (χ2n) is 5.01. The van der Waals surface area contributed by atoms with Crippen molar-refractivity contribution in [1.29, 1.82) is 0 Å². The van der Waals surface area contributed by atoms with Crippen LogP contribution in [0.25, 0.3) is 0 Å². The number of hydrogen-bond donors (Lipinski definition) is 2. The van der Waals surface area contributed by atoms with E-state index in [0.29, 0.717) is 30.0 Å². The third-order valence-electron chi connectivity index (χ3n) is 3.36. The quantitative estimate of drug-likeness (QED) is 0.873. The lowest BCUT2D eigenvalue weighted by molar-refractivity contribution is -0.122. The molecule has 104 valence electrons. The van der Waals surface area contributed by atoms with E-state index < -0.39 is 6.10 Å². The molecule has 1 aliphatic rings. The van der Waals surface area contributed by atoms with Crippen LogP contribution in [0.5, 0.6) is 0 Å². The van der Waals surface area contributed by atoms with Crippen LogP contribution < -0.4 is 5.32 Å². The molecule has 5 heteroatoms. The topological polar surface area (TPSA) is 49.3 Å². The predicted octanol–water partition coefficient (Wildman–Crippen LogP) is 2.47. The Kier molecular flexibility index (Phi) is 4.42. The van der Waals surface area contributed by atoms with Crippen molar-refractivity contribution in [2.24, 2.45) is 5.92 Å². The molecule has 0 spiro atoms. The molecule has 19 heavy (non-hydrogen) atoms. The molecule has 0 radical (unpaired) electrons. The SMILES string of the molecule is CC(O)CCNC(=O)C1CC1c1c(F)cccc1Cl. The minimum Gasteiger partial charge on any atom is -0.393 e. The summed E-state index contributed by atoms with van der Waals surface area (Å²) in [6.45, 7) is 2.11. The van der Waals surface area contributed by atoms with Gasteiger partial charge in [0.2, 0.25) is 5.91 Å². The van der Waals surface area contributed by atoms with Crippen LogP contribution >= 0.6 is 11.6 Å². The summed E-state index contributed by atoms with van der Waals surface area (Å²) in [6.07, 6.45) is 0.710. The molecule has 1 saturated carbocycles. The Labute approximate surface area is 116 Å². The number of benzene rings is 1. The molecule has 2 N–H and O–H groups in total. The van der Waals surface area contributed by atoms with Gasteiger partial charge in [0, 0.05) is 29.0 Å². The lowest BCUT2D eigenvalue weighted by Gasteiger charge is -2.07. The average molecular weight is 286 g/mol. The maximum Gasteiger partial charge on any atom is 0.223 e. The number of rotatable bonds is 5. The molecule has 0 aromatic heterocycles. The Bertz CT molecular complexity index is 458. The predicted molar refractivity (Wildman–Crippen MR) is 71.6 cm³/mol. The largest absolute Gasteiger partial charge is 0.393 e. The van der Waals surface area contributed by atoms with E-state index in [4.69, 9.17) is 16.7 Å². The van der Waals surface area contributed by atoms with Gasteiger partial charge in [-0.25, -0.2) is 4.39 Å². The van der Waals surface area contributed by atoms with Crippen LogP contribution in [0.3, 0.4) is 0 Å². The molecule has 2 rings (SSSR count). The fraction of sp³-hybridized carbons (Fsp3) is 0.500. The van der Waals surface area contributed by atoms with Crippen molar-refractivity contribution in [2.45, 2.75) is 31.8 Å². The van der Waals surface area contributed by atoms with Crippen molar-refractivity contribution in [3.05, 3.63) is 34.6 Å². The second-order valence-corrected chi connectivity index (χ2v) is 5.42. The summed E-state index contributed by atoms with van der Waals surface area (Å²) in [5.41, 5.74) is 0.444. The van der Waals surface area contributed by atoms with E-state index >= 15 is 0 Å².